The third-order valence-corrected chi connectivity index (χ3v) is 7.32. The smallest absolute Gasteiger partial charge is 0.236 e. The summed E-state index contributed by atoms with van der Waals surface area (Å²) in [7, 11) is 1.92. The van der Waals surface area contributed by atoms with Crippen molar-refractivity contribution in [3.05, 3.63) is 84.1 Å². The number of carbonyl (C=O) groups excluding carboxylic acids is 2. The Bertz CT molecular complexity index is 1590. The number of amides is 2. The van der Waals surface area contributed by atoms with E-state index in [4.69, 9.17) is 4.74 Å². The maximum Gasteiger partial charge on any atom is 0.236 e. The topological polar surface area (TPSA) is 87.1 Å². The zero-order chi connectivity index (χ0) is 29.5. The first-order chi connectivity index (χ1) is 19.7. The number of halogens is 1. The minimum Gasteiger partial charge on any atom is -0.453 e. The van der Waals surface area contributed by atoms with E-state index >= 15 is 4.39 Å². The zero-order valence-corrected chi connectivity index (χ0v) is 24.2. The van der Waals surface area contributed by atoms with Crippen molar-refractivity contribution in [3.63, 3.8) is 0 Å². The molecule has 0 aliphatic heterocycles. The van der Waals surface area contributed by atoms with Crippen LogP contribution in [0, 0.1) is 5.82 Å². The third-order valence-electron chi connectivity index (χ3n) is 6.14. The van der Waals surface area contributed by atoms with Gasteiger partial charge in [0.25, 0.3) is 0 Å². The third kappa shape index (κ3) is 7.34. The number of hydrogen-bond acceptors (Lipinski definition) is 6. The monoisotopic (exact) mass is 573 g/mol. The highest BCUT2D eigenvalue weighted by molar-refractivity contribution is 7.20. The molecule has 0 unspecified atom stereocenters. The molecule has 41 heavy (non-hydrogen) atoms. The van der Waals surface area contributed by atoms with Crippen LogP contribution in [0.1, 0.15) is 32.1 Å². The molecule has 0 radical (unpaired) electrons. The van der Waals surface area contributed by atoms with E-state index in [2.05, 4.69) is 21.9 Å². The van der Waals surface area contributed by atoms with Crippen molar-refractivity contribution in [3.8, 4) is 11.5 Å². The minimum absolute atomic E-state index is 0.0157. The predicted molar refractivity (Wildman–Crippen MR) is 164 cm³/mol. The average Bonchev–Trinajstić information content (AvgIpc) is 3.39. The van der Waals surface area contributed by atoms with Crippen molar-refractivity contribution in [2.45, 2.75) is 33.2 Å². The van der Waals surface area contributed by atoms with E-state index in [1.165, 1.54) is 23.5 Å². The number of hydrogen-bond donors (Lipinski definition) is 1. The van der Waals surface area contributed by atoms with Gasteiger partial charge < -0.3 is 19.9 Å². The Morgan fingerprint density at radius 3 is 2.59 bits per heavy atom. The Morgan fingerprint density at radius 1 is 1.15 bits per heavy atom. The van der Waals surface area contributed by atoms with Gasteiger partial charge in [0, 0.05) is 49.3 Å². The van der Waals surface area contributed by atoms with E-state index in [0.717, 1.165) is 22.2 Å². The molecule has 2 heterocycles. The Kier molecular flexibility index (Phi) is 9.46. The largest absolute Gasteiger partial charge is 0.453 e. The van der Waals surface area contributed by atoms with Gasteiger partial charge in [-0.3, -0.25) is 14.6 Å². The molecule has 0 bridgehead atoms. The minimum atomic E-state index is -0.666. The molecule has 2 aromatic heterocycles. The fraction of sp³-hybridized carbons (Fsp3) is 0.226. The molecule has 212 valence electrons. The summed E-state index contributed by atoms with van der Waals surface area (Å²) in [5.41, 5.74) is 2.19. The second kappa shape index (κ2) is 13.2. The normalized spacial score (nSPS) is 11.2. The first kappa shape index (κ1) is 29.4. The quantitative estimate of drug-likeness (QED) is 0.119. The van der Waals surface area contributed by atoms with Gasteiger partial charge in [0.1, 0.15) is 12.2 Å². The van der Waals surface area contributed by atoms with Crippen LogP contribution in [0.3, 0.4) is 0 Å². The second-order valence-electron chi connectivity index (χ2n) is 9.56. The lowest BCUT2D eigenvalue weighted by molar-refractivity contribution is -0.125. The molecule has 0 atom stereocenters. The molecule has 0 fully saturated rings. The van der Waals surface area contributed by atoms with Gasteiger partial charge in [-0.2, -0.15) is 0 Å². The Balaban J connectivity index is 1.44. The second-order valence-corrected chi connectivity index (χ2v) is 10.6. The number of ether oxygens (including phenoxy) is 1. The SMILES string of the molecule is C=C(N=CN(C)CC)c1cc2nccc(Oc3ccc(NC(=O)CC(=O)N(c4ccccc4)C(C)C)cc3F)c2s1. The number of pyridine rings is 1. The van der Waals surface area contributed by atoms with Crippen molar-refractivity contribution in [2.75, 3.05) is 23.8 Å². The van der Waals surface area contributed by atoms with Gasteiger partial charge in [0.15, 0.2) is 11.6 Å². The van der Waals surface area contributed by atoms with E-state index in [1.54, 1.807) is 23.5 Å². The van der Waals surface area contributed by atoms with Crippen molar-refractivity contribution >= 4 is 56.8 Å². The van der Waals surface area contributed by atoms with E-state index in [1.807, 2.05) is 69.1 Å². The van der Waals surface area contributed by atoms with Crippen molar-refractivity contribution < 1.29 is 18.7 Å². The summed E-state index contributed by atoms with van der Waals surface area (Å²) in [6.45, 7) is 10.6. The molecule has 0 saturated heterocycles. The maximum atomic E-state index is 15.0. The van der Waals surface area contributed by atoms with Gasteiger partial charge in [0.05, 0.1) is 27.1 Å². The lowest BCUT2D eigenvalue weighted by Crippen LogP contribution is -2.38. The number of anilines is 2. The summed E-state index contributed by atoms with van der Waals surface area (Å²) in [6.07, 6.45) is 2.92. The van der Waals surface area contributed by atoms with Crippen LogP contribution in [0.4, 0.5) is 15.8 Å². The Labute approximate surface area is 242 Å². The first-order valence-corrected chi connectivity index (χ1v) is 13.9. The first-order valence-electron chi connectivity index (χ1n) is 13.1. The Morgan fingerprint density at radius 2 is 1.90 bits per heavy atom. The van der Waals surface area contributed by atoms with Gasteiger partial charge in [-0.25, -0.2) is 9.38 Å². The van der Waals surface area contributed by atoms with Gasteiger partial charge >= 0.3 is 0 Å². The number of benzene rings is 2. The number of nitrogens with one attached hydrogen (secondary N) is 1. The van der Waals surface area contributed by atoms with Gasteiger partial charge in [-0.05, 0) is 51.1 Å². The Hall–Kier alpha value is -4.57. The van der Waals surface area contributed by atoms with Crippen molar-refractivity contribution in [1.29, 1.82) is 0 Å². The molecule has 10 heteroatoms. The van der Waals surface area contributed by atoms with Crippen molar-refractivity contribution in [1.82, 2.24) is 9.88 Å². The summed E-state index contributed by atoms with van der Waals surface area (Å²) in [6, 6.07) is 16.7. The van der Waals surface area contributed by atoms with E-state index in [0.29, 0.717) is 22.7 Å². The molecule has 4 rings (SSSR count). The summed E-state index contributed by atoms with van der Waals surface area (Å²) < 4.78 is 21.7. The molecule has 0 aliphatic rings. The highest BCUT2D eigenvalue weighted by Gasteiger charge is 2.22. The molecule has 4 aromatic rings. The molecule has 0 spiro atoms. The number of fused-ring (bicyclic) bond motifs is 1. The summed E-state index contributed by atoms with van der Waals surface area (Å²) in [5, 5.41) is 2.60. The molecular weight excluding hydrogens is 541 g/mol. The molecular formula is C31H32FN5O3S. The van der Waals surface area contributed by atoms with E-state index < -0.39 is 11.7 Å². The number of aromatic nitrogens is 1. The molecule has 2 amide bonds. The maximum absolute atomic E-state index is 15.0. The van der Waals surface area contributed by atoms with Crippen LogP contribution < -0.4 is 15.0 Å². The van der Waals surface area contributed by atoms with Crippen molar-refractivity contribution in [2.24, 2.45) is 4.99 Å². The summed E-state index contributed by atoms with van der Waals surface area (Å²) in [5.74, 6) is -1.14. The highest BCUT2D eigenvalue weighted by atomic mass is 32.1. The van der Waals surface area contributed by atoms with Crippen LogP contribution in [0.15, 0.2) is 78.4 Å². The number of carbonyl (C=O) groups is 2. The van der Waals surface area contributed by atoms with Crippen LogP contribution in [0.2, 0.25) is 0 Å². The number of rotatable bonds is 11. The standard InChI is InChI=1S/C31H32FN5O3S/c1-6-36(5)19-34-21(4)28-17-25-31(41-28)27(14-15-33-25)40-26-13-12-22(16-24(26)32)35-29(38)18-30(39)37(20(2)3)23-10-8-7-9-11-23/h7-17,19-20H,4,6,18H2,1-3,5H3,(H,35,38). The summed E-state index contributed by atoms with van der Waals surface area (Å²) >= 11 is 1.40. The highest BCUT2D eigenvalue weighted by Crippen LogP contribution is 2.38. The van der Waals surface area contributed by atoms with E-state index in [-0.39, 0.29) is 29.8 Å². The zero-order valence-electron chi connectivity index (χ0n) is 23.4. The molecule has 1 N–H and O–H groups in total. The van der Waals surface area contributed by atoms with Gasteiger partial charge in [-0.15, -0.1) is 11.3 Å². The fourth-order valence-corrected chi connectivity index (χ4v) is 4.96. The predicted octanol–water partition coefficient (Wildman–Crippen LogP) is 6.95. The van der Waals surface area contributed by atoms with Crippen LogP contribution in [0.25, 0.3) is 15.9 Å². The summed E-state index contributed by atoms with van der Waals surface area (Å²) in [4.78, 5) is 38.6. The fourth-order valence-electron chi connectivity index (χ4n) is 3.98. The number of para-hydroxylation sites is 1. The lowest BCUT2D eigenvalue weighted by atomic mass is 10.2. The van der Waals surface area contributed by atoms with Crippen LogP contribution in [-0.4, -0.2) is 47.7 Å². The molecule has 0 aliphatic carbocycles. The van der Waals surface area contributed by atoms with Crippen LogP contribution in [0.5, 0.6) is 11.5 Å². The van der Waals surface area contributed by atoms with Crippen LogP contribution in [-0.2, 0) is 9.59 Å². The van der Waals surface area contributed by atoms with Gasteiger partial charge in [-0.1, -0.05) is 24.8 Å². The number of aliphatic imine (C=N–C) groups is 1. The lowest BCUT2D eigenvalue weighted by Gasteiger charge is -2.26. The molecule has 8 nitrogen and oxygen atoms in total. The molecule has 2 aromatic carbocycles. The number of thiophene rings is 1. The molecule has 0 saturated carbocycles. The van der Waals surface area contributed by atoms with Gasteiger partial charge in [0.2, 0.25) is 11.8 Å². The number of nitrogens with zero attached hydrogens (tertiary/aromatic N) is 4. The van der Waals surface area contributed by atoms with Crippen LogP contribution >= 0.6 is 11.3 Å². The van der Waals surface area contributed by atoms with E-state index in [9.17, 15) is 9.59 Å². The average molecular weight is 574 g/mol.